The number of nitriles is 1. The lowest BCUT2D eigenvalue weighted by atomic mass is 10.2. The molecule has 0 saturated carbocycles. The summed E-state index contributed by atoms with van der Waals surface area (Å²) in [6.45, 7) is 2.59. The average molecular weight is 328 g/mol. The van der Waals surface area contributed by atoms with Crippen LogP contribution >= 0.6 is 15.9 Å². The number of aromatic carboxylic acids is 1. The van der Waals surface area contributed by atoms with Gasteiger partial charge in [-0.25, -0.2) is 4.79 Å². The number of rotatable bonds is 7. The SMILES string of the molecule is CCOc1cc(C(=O)O)cc(Br)c1OCCCC#N. The number of carbonyl (C=O) groups is 1. The van der Waals surface area contributed by atoms with E-state index in [2.05, 4.69) is 15.9 Å². The Labute approximate surface area is 119 Å². The molecule has 6 heteroatoms. The highest BCUT2D eigenvalue weighted by Crippen LogP contribution is 2.37. The largest absolute Gasteiger partial charge is 0.490 e. The van der Waals surface area contributed by atoms with E-state index in [1.807, 2.05) is 6.07 Å². The van der Waals surface area contributed by atoms with Crippen molar-refractivity contribution in [2.45, 2.75) is 19.8 Å². The van der Waals surface area contributed by atoms with Crippen LogP contribution in [-0.4, -0.2) is 24.3 Å². The van der Waals surface area contributed by atoms with Gasteiger partial charge >= 0.3 is 5.97 Å². The van der Waals surface area contributed by atoms with Crippen LogP contribution in [0.4, 0.5) is 0 Å². The van der Waals surface area contributed by atoms with E-state index < -0.39 is 5.97 Å². The van der Waals surface area contributed by atoms with Crippen LogP contribution < -0.4 is 9.47 Å². The van der Waals surface area contributed by atoms with E-state index >= 15 is 0 Å². The third-order valence-corrected chi connectivity index (χ3v) is 2.82. The first kappa shape index (κ1) is 15.3. The molecule has 1 N–H and O–H groups in total. The zero-order valence-corrected chi connectivity index (χ0v) is 12.1. The van der Waals surface area contributed by atoms with Gasteiger partial charge in [0.2, 0.25) is 0 Å². The van der Waals surface area contributed by atoms with E-state index in [0.29, 0.717) is 42.0 Å². The second kappa shape index (κ2) is 7.64. The van der Waals surface area contributed by atoms with Crippen LogP contribution in [0.2, 0.25) is 0 Å². The predicted octanol–water partition coefficient (Wildman–Crippen LogP) is 3.23. The van der Waals surface area contributed by atoms with Gasteiger partial charge in [0, 0.05) is 6.42 Å². The Bertz CT molecular complexity index is 496. The fourth-order valence-electron chi connectivity index (χ4n) is 1.42. The second-order valence-corrected chi connectivity index (χ2v) is 4.49. The number of carboxylic acid groups (broad SMARTS) is 1. The number of halogens is 1. The molecular formula is C13H14BrNO4. The maximum atomic E-state index is 11.0. The third kappa shape index (κ3) is 4.45. The molecule has 1 aromatic rings. The van der Waals surface area contributed by atoms with Crippen LogP contribution in [0.15, 0.2) is 16.6 Å². The summed E-state index contributed by atoms with van der Waals surface area (Å²) in [7, 11) is 0. The van der Waals surface area contributed by atoms with Crippen molar-refractivity contribution in [3.8, 4) is 17.6 Å². The summed E-state index contributed by atoms with van der Waals surface area (Å²) >= 11 is 3.27. The summed E-state index contributed by atoms with van der Waals surface area (Å²) < 4.78 is 11.4. The molecule has 0 aliphatic heterocycles. The van der Waals surface area contributed by atoms with Crippen LogP contribution in [0.25, 0.3) is 0 Å². The number of carboxylic acids is 1. The van der Waals surface area contributed by atoms with Gasteiger partial charge in [-0.1, -0.05) is 0 Å². The number of nitrogens with zero attached hydrogens (tertiary/aromatic N) is 1. The van der Waals surface area contributed by atoms with Gasteiger partial charge in [-0.2, -0.15) is 5.26 Å². The first-order valence-corrected chi connectivity index (χ1v) is 6.58. The first-order chi connectivity index (χ1) is 9.10. The maximum absolute atomic E-state index is 11.0. The topological polar surface area (TPSA) is 79.6 Å². The van der Waals surface area contributed by atoms with Crippen molar-refractivity contribution in [1.82, 2.24) is 0 Å². The van der Waals surface area contributed by atoms with Crippen molar-refractivity contribution < 1.29 is 19.4 Å². The highest BCUT2D eigenvalue weighted by Gasteiger charge is 2.15. The molecule has 102 valence electrons. The molecule has 0 bridgehead atoms. The van der Waals surface area contributed by atoms with Gasteiger partial charge in [0.05, 0.1) is 29.3 Å². The fraction of sp³-hybridized carbons (Fsp3) is 0.385. The van der Waals surface area contributed by atoms with E-state index in [9.17, 15) is 4.79 Å². The summed E-state index contributed by atoms with van der Waals surface area (Å²) in [5.41, 5.74) is 0.125. The van der Waals surface area contributed by atoms with Gasteiger partial charge in [-0.3, -0.25) is 0 Å². The van der Waals surface area contributed by atoms with Crippen molar-refractivity contribution in [3.05, 3.63) is 22.2 Å². The van der Waals surface area contributed by atoms with Gasteiger partial charge in [-0.05, 0) is 41.4 Å². The molecule has 5 nitrogen and oxygen atoms in total. The van der Waals surface area contributed by atoms with Gasteiger partial charge < -0.3 is 14.6 Å². The Morgan fingerprint density at radius 3 is 2.79 bits per heavy atom. The zero-order chi connectivity index (χ0) is 14.3. The number of unbranched alkanes of at least 4 members (excludes halogenated alkanes) is 1. The van der Waals surface area contributed by atoms with Crippen LogP contribution in [0, 0.1) is 11.3 Å². The van der Waals surface area contributed by atoms with Crippen molar-refractivity contribution in [2.75, 3.05) is 13.2 Å². The van der Waals surface area contributed by atoms with Crippen molar-refractivity contribution >= 4 is 21.9 Å². The molecule has 0 unspecified atom stereocenters. The smallest absolute Gasteiger partial charge is 0.335 e. The van der Waals surface area contributed by atoms with Crippen LogP contribution in [0.5, 0.6) is 11.5 Å². The maximum Gasteiger partial charge on any atom is 0.335 e. The highest BCUT2D eigenvalue weighted by molar-refractivity contribution is 9.10. The molecule has 0 aromatic heterocycles. The molecule has 0 fully saturated rings. The van der Waals surface area contributed by atoms with Crippen molar-refractivity contribution in [3.63, 3.8) is 0 Å². The zero-order valence-electron chi connectivity index (χ0n) is 10.5. The van der Waals surface area contributed by atoms with Crippen LogP contribution in [0.3, 0.4) is 0 Å². The highest BCUT2D eigenvalue weighted by atomic mass is 79.9. The summed E-state index contributed by atoms with van der Waals surface area (Å²) in [4.78, 5) is 11.0. The summed E-state index contributed by atoms with van der Waals surface area (Å²) in [6.07, 6.45) is 1.02. The van der Waals surface area contributed by atoms with Gasteiger partial charge in [0.25, 0.3) is 0 Å². The van der Waals surface area contributed by atoms with Gasteiger partial charge in [-0.15, -0.1) is 0 Å². The van der Waals surface area contributed by atoms with Gasteiger partial charge in [0.1, 0.15) is 0 Å². The third-order valence-electron chi connectivity index (χ3n) is 2.24. The quantitative estimate of drug-likeness (QED) is 0.777. The monoisotopic (exact) mass is 327 g/mol. The van der Waals surface area contributed by atoms with Gasteiger partial charge in [0.15, 0.2) is 11.5 Å². The molecule has 1 aromatic carbocycles. The van der Waals surface area contributed by atoms with Crippen LogP contribution in [-0.2, 0) is 0 Å². The minimum atomic E-state index is -1.03. The first-order valence-electron chi connectivity index (χ1n) is 5.79. The Hall–Kier alpha value is -1.74. The second-order valence-electron chi connectivity index (χ2n) is 3.63. The summed E-state index contributed by atoms with van der Waals surface area (Å²) in [5.74, 6) is -0.186. The summed E-state index contributed by atoms with van der Waals surface area (Å²) in [5, 5.41) is 17.4. The number of hydrogen-bond donors (Lipinski definition) is 1. The molecular weight excluding hydrogens is 314 g/mol. The Morgan fingerprint density at radius 1 is 1.47 bits per heavy atom. The lowest BCUT2D eigenvalue weighted by Gasteiger charge is -2.14. The minimum absolute atomic E-state index is 0.125. The van der Waals surface area contributed by atoms with Crippen LogP contribution in [0.1, 0.15) is 30.1 Å². The molecule has 0 saturated heterocycles. The molecule has 0 heterocycles. The number of ether oxygens (including phenoxy) is 2. The lowest BCUT2D eigenvalue weighted by molar-refractivity contribution is 0.0696. The molecule has 1 rings (SSSR count). The summed E-state index contributed by atoms with van der Waals surface area (Å²) in [6, 6.07) is 4.92. The van der Waals surface area contributed by atoms with E-state index in [0.717, 1.165) is 0 Å². The minimum Gasteiger partial charge on any atom is -0.490 e. The van der Waals surface area contributed by atoms with E-state index in [1.54, 1.807) is 6.92 Å². The molecule has 0 atom stereocenters. The molecule has 0 spiro atoms. The van der Waals surface area contributed by atoms with Crippen molar-refractivity contribution in [1.29, 1.82) is 5.26 Å². The van der Waals surface area contributed by atoms with E-state index in [1.165, 1.54) is 12.1 Å². The van der Waals surface area contributed by atoms with E-state index in [4.69, 9.17) is 19.8 Å². The van der Waals surface area contributed by atoms with Crippen molar-refractivity contribution in [2.24, 2.45) is 0 Å². The normalized spacial score (nSPS) is 9.74. The number of hydrogen-bond acceptors (Lipinski definition) is 4. The number of benzene rings is 1. The average Bonchev–Trinajstić information content (AvgIpc) is 2.36. The van der Waals surface area contributed by atoms with E-state index in [-0.39, 0.29) is 5.56 Å². The Balaban J connectivity index is 2.94. The molecule has 19 heavy (non-hydrogen) atoms. The standard InChI is InChI=1S/C13H14BrNO4/c1-2-18-11-8-9(13(16)17)7-10(14)12(11)19-6-4-3-5-15/h7-8H,2-4,6H2,1H3,(H,16,17). The fourth-order valence-corrected chi connectivity index (χ4v) is 1.98. The molecule has 0 radical (unpaired) electrons. The predicted molar refractivity (Wildman–Crippen MR) is 72.6 cm³/mol. The lowest BCUT2D eigenvalue weighted by Crippen LogP contribution is -2.04. The molecule has 0 amide bonds. The molecule has 0 aliphatic carbocycles. The Morgan fingerprint density at radius 2 is 2.21 bits per heavy atom. The Kier molecular flexibility index (Phi) is 6.16. The molecule has 0 aliphatic rings.